The Hall–Kier alpha value is -1.42. The van der Waals surface area contributed by atoms with E-state index in [4.69, 9.17) is 5.73 Å². The Morgan fingerprint density at radius 1 is 1.33 bits per heavy atom. The number of aromatic nitrogens is 1. The van der Waals surface area contributed by atoms with Crippen molar-refractivity contribution in [3.8, 4) is 11.8 Å². The van der Waals surface area contributed by atoms with Gasteiger partial charge in [-0.05, 0) is 37.2 Å². The number of hydrogen-bond donors (Lipinski definition) is 2. The second-order valence-corrected chi connectivity index (χ2v) is 7.53. The van der Waals surface area contributed by atoms with Gasteiger partial charge in [0, 0.05) is 24.0 Å². The van der Waals surface area contributed by atoms with E-state index in [0.717, 1.165) is 19.3 Å². The molecule has 1 aromatic rings. The van der Waals surface area contributed by atoms with Crippen LogP contribution in [0.4, 0.5) is 0 Å². The largest absolute Gasteiger partial charge is 0.320 e. The summed E-state index contributed by atoms with van der Waals surface area (Å²) in [7, 11) is -3.53. The van der Waals surface area contributed by atoms with Crippen LogP contribution in [0.3, 0.4) is 0 Å². The number of hydrogen-bond acceptors (Lipinski definition) is 4. The predicted octanol–water partition coefficient (Wildman–Crippen LogP) is 0.859. The highest BCUT2D eigenvalue weighted by atomic mass is 32.2. The Labute approximate surface area is 125 Å². The first-order valence-electron chi connectivity index (χ1n) is 7.25. The van der Waals surface area contributed by atoms with Gasteiger partial charge in [0.1, 0.15) is 4.90 Å². The highest BCUT2D eigenvalue weighted by molar-refractivity contribution is 7.89. The zero-order chi connectivity index (χ0) is 14.9. The summed E-state index contributed by atoms with van der Waals surface area (Å²) in [6.45, 7) is 0.236. The van der Waals surface area contributed by atoms with E-state index < -0.39 is 10.0 Å². The molecule has 2 aliphatic rings. The number of nitrogens with zero attached hydrogens (tertiary/aromatic N) is 1. The average molecular weight is 305 g/mol. The third kappa shape index (κ3) is 3.10. The molecule has 0 radical (unpaired) electrons. The number of rotatable bonds is 3. The Kier molecular flexibility index (Phi) is 3.98. The quantitative estimate of drug-likeness (QED) is 0.811. The van der Waals surface area contributed by atoms with Crippen molar-refractivity contribution in [1.82, 2.24) is 9.71 Å². The van der Waals surface area contributed by atoms with Crippen molar-refractivity contribution in [3.05, 3.63) is 24.0 Å². The molecule has 21 heavy (non-hydrogen) atoms. The zero-order valence-corrected chi connectivity index (χ0v) is 12.6. The number of fused-ring (bicyclic) bond motifs is 2. The Bertz CT molecular complexity index is 690. The van der Waals surface area contributed by atoms with Crippen molar-refractivity contribution in [3.63, 3.8) is 0 Å². The van der Waals surface area contributed by atoms with Crippen LogP contribution in [0.2, 0.25) is 0 Å². The number of sulfonamides is 1. The predicted molar refractivity (Wildman–Crippen MR) is 79.7 cm³/mol. The molecule has 3 atom stereocenters. The summed E-state index contributed by atoms with van der Waals surface area (Å²) in [6, 6.07) is 1.62. The minimum absolute atomic E-state index is 0.0764. The standard InChI is InChI=1S/C15H19N3O2S/c16-5-1-2-12-7-14(10-17-9-12)21(19,20)18-15-8-11-3-4-13(15)6-11/h7,9-11,13,15,18H,3-6,8,16H2. The minimum Gasteiger partial charge on any atom is -0.320 e. The van der Waals surface area contributed by atoms with Crippen molar-refractivity contribution in [2.75, 3.05) is 6.54 Å². The first-order valence-corrected chi connectivity index (χ1v) is 8.73. The van der Waals surface area contributed by atoms with Crippen molar-refractivity contribution in [2.45, 2.75) is 36.6 Å². The Balaban J connectivity index is 1.78. The lowest BCUT2D eigenvalue weighted by atomic mass is 9.96. The normalized spacial score (nSPS) is 27.4. The van der Waals surface area contributed by atoms with Gasteiger partial charge in [0.05, 0.1) is 6.54 Å². The van der Waals surface area contributed by atoms with Crippen LogP contribution in [0.1, 0.15) is 31.2 Å². The summed E-state index contributed by atoms with van der Waals surface area (Å²) in [5.41, 5.74) is 5.89. The van der Waals surface area contributed by atoms with E-state index in [1.807, 2.05) is 0 Å². The lowest BCUT2D eigenvalue weighted by molar-refractivity contribution is 0.390. The SMILES string of the molecule is NCC#Cc1cncc(S(=O)(=O)NC2CC3CCC2C3)c1. The maximum atomic E-state index is 12.5. The molecule has 1 heterocycles. The van der Waals surface area contributed by atoms with Gasteiger partial charge in [-0.3, -0.25) is 4.98 Å². The summed E-state index contributed by atoms with van der Waals surface area (Å²) >= 11 is 0. The summed E-state index contributed by atoms with van der Waals surface area (Å²) in [5.74, 6) is 6.70. The molecule has 2 saturated carbocycles. The van der Waals surface area contributed by atoms with Gasteiger partial charge in [-0.2, -0.15) is 0 Å². The van der Waals surface area contributed by atoms with E-state index in [1.165, 1.54) is 12.6 Å². The Morgan fingerprint density at radius 2 is 2.19 bits per heavy atom. The lowest BCUT2D eigenvalue weighted by Crippen LogP contribution is -2.38. The van der Waals surface area contributed by atoms with Gasteiger partial charge in [0.25, 0.3) is 0 Å². The molecule has 112 valence electrons. The molecule has 2 fully saturated rings. The molecule has 1 aromatic heterocycles. The van der Waals surface area contributed by atoms with Gasteiger partial charge in [-0.1, -0.05) is 18.3 Å². The molecule has 0 aliphatic heterocycles. The van der Waals surface area contributed by atoms with E-state index in [0.29, 0.717) is 17.4 Å². The number of nitrogens with one attached hydrogen (secondary N) is 1. The zero-order valence-electron chi connectivity index (χ0n) is 11.7. The van der Waals surface area contributed by atoms with Gasteiger partial charge in [-0.25, -0.2) is 13.1 Å². The smallest absolute Gasteiger partial charge is 0.242 e. The summed E-state index contributed by atoms with van der Waals surface area (Å²) < 4.78 is 27.8. The molecular weight excluding hydrogens is 286 g/mol. The van der Waals surface area contributed by atoms with Gasteiger partial charge in [-0.15, -0.1) is 0 Å². The van der Waals surface area contributed by atoms with Crippen molar-refractivity contribution in [1.29, 1.82) is 0 Å². The van der Waals surface area contributed by atoms with Gasteiger partial charge in [0.15, 0.2) is 0 Å². The molecule has 0 spiro atoms. The van der Waals surface area contributed by atoms with Gasteiger partial charge >= 0.3 is 0 Å². The van der Waals surface area contributed by atoms with Gasteiger partial charge in [0.2, 0.25) is 10.0 Å². The third-order valence-corrected chi connectivity index (χ3v) is 5.86. The monoisotopic (exact) mass is 305 g/mol. The topological polar surface area (TPSA) is 85.1 Å². The molecule has 6 heteroatoms. The molecule has 3 unspecified atom stereocenters. The van der Waals surface area contributed by atoms with Crippen LogP contribution in [-0.4, -0.2) is 26.0 Å². The van der Waals surface area contributed by atoms with Crippen LogP contribution in [0.5, 0.6) is 0 Å². The van der Waals surface area contributed by atoms with Crippen LogP contribution < -0.4 is 10.5 Å². The van der Waals surface area contributed by atoms with E-state index in [1.54, 1.807) is 12.3 Å². The average Bonchev–Trinajstić information content (AvgIpc) is 3.07. The molecule has 3 rings (SSSR count). The van der Waals surface area contributed by atoms with Crippen LogP contribution in [0, 0.1) is 23.7 Å². The van der Waals surface area contributed by atoms with Crippen LogP contribution in [0.25, 0.3) is 0 Å². The summed E-state index contributed by atoms with van der Waals surface area (Å²) in [6.07, 6.45) is 7.41. The maximum Gasteiger partial charge on any atom is 0.242 e. The number of nitrogens with two attached hydrogens (primary N) is 1. The maximum absolute atomic E-state index is 12.5. The second kappa shape index (κ2) is 5.76. The Morgan fingerprint density at radius 3 is 2.86 bits per heavy atom. The van der Waals surface area contributed by atoms with Crippen molar-refractivity contribution >= 4 is 10.0 Å². The van der Waals surface area contributed by atoms with E-state index in [9.17, 15) is 8.42 Å². The van der Waals surface area contributed by atoms with E-state index in [-0.39, 0.29) is 17.5 Å². The first-order chi connectivity index (χ1) is 10.1. The first kappa shape index (κ1) is 14.5. The summed E-state index contributed by atoms with van der Waals surface area (Å²) in [4.78, 5) is 4.14. The molecule has 0 saturated heterocycles. The van der Waals surface area contributed by atoms with Crippen LogP contribution >= 0.6 is 0 Å². The fraction of sp³-hybridized carbons (Fsp3) is 0.533. The van der Waals surface area contributed by atoms with E-state index >= 15 is 0 Å². The van der Waals surface area contributed by atoms with Crippen molar-refractivity contribution in [2.24, 2.45) is 17.6 Å². The number of pyridine rings is 1. The van der Waals surface area contributed by atoms with Crippen LogP contribution in [-0.2, 0) is 10.0 Å². The molecule has 0 amide bonds. The fourth-order valence-corrected chi connectivity index (χ4v) is 4.75. The van der Waals surface area contributed by atoms with Crippen molar-refractivity contribution < 1.29 is 8.42 Å². The highest BCUT2D eigenvalue weighted by Gasteiger charge is 2.41. The molecule has 5 nitrogen and oxygen atoms in total. The molecule has 2 aliphatic carbocycles. The van der Waals surface area contributed by atoms with Crippen LogP contribution in [0.15, 0.2) is 23.4 Å². The molecule has 2 bridgehead atoms. The van der Waals surface area contributed by atoms with E-state index in [2.05, 4.69) is 21.5 Å². The lowest BCUT2D eigenvalue weighted by Gasteiger charge is -2.22. The molecular formula is C15H19N3O2S. The summed E-state index contributed by atoms with van der Waals surface area (Å²) in [5, 5.41) is 0. The highest BCUT2D eigenvalue weighted by Crippen LogP contribution is 2.44. The third-order valence-electron chi connectivity index (χ3n) is 4.40. The molecule has 0 aromatic carbocycles. The minimum atomic E-state index is -3.53. The molecule has 3 N–H and O–H groups in total. The fourth-order valence-electron chi connectivity index (χ4n) is 3.44. The second-order valence-electron chi connectivity index (χ2n) is 5.82. The van der Waals surface area contributed by atoms with Gasteiger partial charge < -0.3 is 5.73 Å².